The normalized spacial score (nSPS) is 10.9. The van der Waals surface area contributed by atoms with Gasteiger partial charge in [-0.1, -0.05) is 23.8 Å². The van der Waals surface area contributed by atoms with E-state index < -0.39 is 11.6 Å². The van der Waals surface area contributed by atoms with Gasteiger partial charge in [0.05, 0.1) is 3.57 Å². The van der Waals surface area contributed by atoms with Crippen molar-refractivity contribution in [3.8, 4) is 0 Å². The van der Waals surface area contributed by atoms with Crippen molar-refractivity contribution in [3.05, 3.63) is 45.0 Å². The van der Waals surface area contributed by atoms with Crippen LogP contribution in [0.5, 0.6) is 0 Å². The van der Waals surface area contributed by atoms with Crippen LogP contribution in [0.1, 0.15) is 5.56 Å². The second-order valence-corrected chi connectivity index (χ2v) is 4.29. The number of halogens is 3. The molecule has 0 aromatic heterocycles. The fourth-order valence-corrected chi connectivity index (χ4v) is 2.17. The molecule has 0 atom stereocenters. The van der Waals surface area contributed by atoms with Gasteiger partial charge in [-0.2, -0.15) is 0 Å². The highest BCUT2D eigenvalue weighted by Gasteiger charge is 2.10. The monoisotopic (exact) mass is 304 g/mol. The molecule has 2 aromatic rings. The number of aryl methyl sites for hydroxylation is 1. The van der Waals surface area contributed by atoms with Crippen LogP contribution in [-0.2, 0) is 0 Å². The van der Waals surface area contributed by atoms with E-state index in [0.29, 0.717) is 3.57 Å². The highest BCUT2D eigenvalue weighted by Crippen LogP contribution is 2.26. The summed E-state index contributed by atoms with van der Waals surface area (Å²) < 4.78 is 26.6. The molecular weight excluding hydrogens is 297 g/mol. The quantitative estimate of drug-likeness (QED) is 0.509. The molecule has 0 nitrogen and oxygen atoms in total. The van der Waals surface area contributed by atoms with Crippen LogP contribution in [0, 0.1) is 22.1 Å². The van der Waals surface area contributed by atoms with Crippen molar-refractivity contribution in [2.45, 2.75) is 6.92 Å². The summed E-state index contributed by atoms with van der Waals surface area (Å²) in [5.74, 6) is -1.55. The molecule has 3 heteroatoms. The standard InChI is InChI=1S/C11H7F2I/c1-6-2-3-8-7(4-6)5-9(12)10(13)11(8)14/h2-5H,1H3. The van der Waals surface area contributed by atoms with Gasteiger partial charge < -0.3 is 0 Å². The molecule has 0 heterocycles. The van der Waals surface area contributed by atoms with E-state index in [1.54, 1.807) is 0 Å². The number of benzene rings is 2. The topological polar surface area (TPSA) is 0 Å². The predicted molar refractivity (Wildman–Crippen MR) is 61.3 cm³/mol. The Bertz CT molecular complexity index is 506. The second kappa shape index (κ2) is 3.46. The van der Waals surface area contributed by atoms with Gasteiger partial charge in [0.1, 0.15) is 0 Å². The minimum atomic E-state index is -0.785. The van der Waals surface area contributed by atoms with E-state index >= 15 is 0 Å². The van der Waals surface area contributed by atoms with E-state index in [9.17, 15) is 8.78 Å². The second-order valence-electron chi connectivity index (χ2n) is 3.21. The Labute approximate surface area is 94.1 Å². The molecule has 0 unspecified atom stereocenters. The van der Waals surface area contributed by atoms with Crippen molar-refractivity contribution in [2.75, 3.05) is 0 Å². The molecule has 14 heavy (non-hydrogen) atoms. The van der Waals surface area contributed by atoms with Gasteiger partial charge in [-0.15, -0.1) is 0 Å². The van der Waals surface area contributed by atoms with Crippen LogP contribution in [0.3, 0.4) is 0 Å². The Balaban J connectivity index is 2.91. The molecular formula is C11H7F2I. The summed E-state index contributed by atoms with van der Waals surface area (Å²) in [6.45, 7) is 1.92. The summed E-state index contributed by atoms with van der Waals surface area (Å²) in [7, 11) is 0. The van der Waals surface area contributed by atoms with Crippen molar-refractivity contribution in [1.29, 1.82) is 0 Å². The molecule has 0 saturated heterocycles. The summed E-state index contributed by atoms with van der Waals surface area (Å²) in [5.41, 5.74) is 1.04. The Morgan fingerprint density at radius 1 is 1.14 bits per heavy atom. The molecule has 0 radical (unpaired) electrons. The van der Waals surface area contributed by atoms with Gasteiger partial charge in [-0.3, -0.25) is 0 Å². The maximum atomic E-state index is 13.2. The summed E-state index contributed by atoms with van der Waals surface area (Å²) in [4.78, 5) is 0. The molecule has 0 aliphatic carbocycles. The van der Waals surface area contributed by atoms with E-state index in [1.807, 2.05) is 47.7 Å². The number of fused-ring (bicyclic) bond motifs is 1. The molecule has 0 aliphatic heterocycles. The van der Waals surface area contributed by atoms with Gasteiger partial charge >= 0.3 is 0 Å². The van der Waals surface area contributed by atoms with Crippen LogP contribution in [0.15, 0.2) is 24.3 Å². The third-order valence-corrected chi connectivity index (χ3v) is 3.18. The van der Waals surface area contributed by atoms with Crippen LogP contribution in [-0.4, -0.2) is 0 Å². The summed E-state index contributed by atoms with van der Waals surface area (Å²) in [6.07, 6.45) is 0. The maximum Gasteiger partial charge on any atom is 0.172 e. The third kappa shape index (κ3) is 1.49. The average Bonchev–Trinajstić information content (AvgIpc) is 2.14. The lowest BCUT2D eigenvalue weighted by Gasteiger charge is -2.04. The molecule has 2 aromatic carbocycles. The smallest absolute Gasteiger partial charge is 0.172 e. The van der Waals surface area contributed by atoms with E-state index in [4.69, 9.17) is 0 Å². The van der Waals surface area contributed by atoms with Gasteiger partial charge in [0.2, 0.25) is 0 Å². The van der Waals surface area contributed by atoms with Gasteiger partial charge in [0, 0.05) is 0 Å². The van der Waals surface area contributed by atoms with E-state index in [0.717, 1.165) is 16.3 Å². The molecule has 72 valence electrons. The Morgan fingerprint density at radius 2 is 1.86 bits per heavy atom. The van der Waals surface area contributed by atoms with Crippen LogP contribution >= 0.6 is 22.6 Å². The molecule has 0 bridgehead atoms. The Kier molecular flexibility index (Phi) is 2.43. The van der Waals surface area contributed by atoms with Crippen molar-refractivity contribution in [3.63, 3.8) is 0 Å². The van der Waals surface area contributed by atoms with E-state index in [-0.39, 0.29) is 0 Å². The first-order valence-corrected chi connectivity index (χ1v) is 5.21. The number of hydrogen-bond acceptors (Lipinski definition) is 0. The molecule has 2 rings (SSSR count). The lowest BCUT2D eigenvalue weighted by atomic mass is 10.1. The first-order chi connectivity index (χ1) is 6.59. The minimum absolute atomic E-state index is 0.345. The molecule has 0 saturated carbocycles. The van der Waals surface area contributed by atoms with Crippen molar-refractivity contribution in [1.82, 2.24) is 0 Å². The number of hydrogen-bond donors (Lipinski definition) is 0. The average molecular weight is 304 g/mol. The highest BCUT2D eigenvalue weighted by atomic mass is 127. The lowest BCUT2D eigenvalue weighted by Crippen LogP contribution is -1.90. The molecule has 0 amide bonds. The zero-order valence-electron chi connectivity index (χ0n) is 7.44. The van der Waals surface area contributed by atoms with Gasteiger partial charge in [0.15, 0.2) is 11.6 Å². The molecule has 0 N–H and O–H groups in total. The highest BCUT2D eigenvalue weighted by molar-refractivity contribution is 14.1. The van der Waals surface area contributed by atoms with Crippen molar-refractivity contribution in [2.24, 2.45) is 0 Å². The van der Waals surface area contributed by atoms with Gasteiger partial charge in [-0.25, -0.2) is 8.78 Å². The molecule has 0 spiro atoms. The Morgan fingerprint density at radius 3 is 2.57 bits per heavy atom. The summed E-state index contributed by atoms with van der Waals surface area (Å²) in [5, 5.41) is 1.50. The number of rotatable bonds is 0. The van der Waals surface area contributed by atoms with Crippen molar-refractivity contribution >= 4 is 33.4 Å². The first kappa shape index (κ1) is 9.83. The largest absolute Gasteiger partial charge is 0.204 e. The first-order valence-electron chi connectivity index (χ1n) is 4.13. The fourth-order valence-electron chi connectivity index (χ4n) is 1.42. The maximum absolute atomic E-state index is 13.2. The zero-order chi connectivity index (χ0) is 10.3. The van der Waals surface area contributed by atoms with Crippen LogP contribution in [0.2, 0.25) is 0 Å². The van der Waals surface area contributed by atoms with E-state index in [2.05, 4.69) is 0 Å². The predicted octanol–water partition coefficient (Wildman–Crippen LogP) is 4.03. The lowest BCUT2D eigenvalue weighted by molar-refractivity contribution is 0.506. The van der Waals surface area contributed by atoms with Crippen LogP contribution in [0.4, 0.5) is 8.78 Å². The van der Waals surface area contributed by atoms with Crippen LogP contribution < -0.4 is 0 Å². The van der Waals surface area contributed by atoms with Crippen molar-refractivity contribution < 1.29 is 8.78 Å². The van der Waals surface area contributed by atoms with Crippen LogP contribution in [0.25, 0.3) is 10.8 Å². The molecule has 0 aliphatic rings. The minimum Gasteiger partial charge on any atom is -0.204 e. The fraction of sp³-hybridized carbons (Fsp3) is 0.0909. The van der Waals surface area contributed by atoms with E-state index in [1.165, 1.54) is 6.07 Å². The Hall–Kier alpha value is -0.710. The molecule has 0 fully saturated rings. The van der Waals surface area contributed by atoms with Gasteiger partial charge in [0.25, 0.3) is 0 Å². The SMILES string of the molecule is Cc1ccc2c(I)c(F)c(F)cc2c1. The zero-order valence-corrected chi connectivity index (χ0v) is 9.60. The van der Waals surface area contributed by atoms with Gasteiger partial charge in [-0.05, 0) is 46.4 Å². The third-order valence-electron chi connectivity index (χ3n) is 2.13. The summed E-state index contributed by atoms with van der Waals surface area (Å²) in [6, 6.07) is 6.79. The summed E-state index contributed by atoms with van der Waals surface area (Å²) >= 11 is 1.82.